The van der Waals surface area contributed by atoms with Gasteiger partial charge in [-0.2, -0.15) is 5.26 Å². The Balaban J connectivity index is 2.78. The quantitative estimate of drug-likeness (QED) is 0.0492. The van der Waals surface area contributed by atoms with Gasteiger partial charge in [-0.05, 0) is 108 Å². The van der Waals surface area contributed by atoms with Crippen LogP contribution in [0.3, 0.4) is 0 Å². The molecule has 0 heterocycles. The van der Waals surface area contributed by atoms with E-state index in [1.165, 1.54) is 179 Å². The first-order valence-corrected chi connectivity index (χ1v) is 18.7. The van der Waals surface area contributed by atoms with Crippen molar-refractivity contribution in [2.75, 3.05) is 0 Å². The fourth-order valence-electron chi connectivity index (χ4n) is 6.78. The van der Waals surface area contributed by atoms with E-state index < -0.39 is 0 Å². The van der Waals surface area contributed by atoms with Crippen LogP contribution in [-0.2, 0) is 0 Å². The van der Waals surface area contributed by atoms with Gasteiger partial charge >= 0.3 is 0 Å². The van der Waals surface area contributed by atoms with Crippen molar-refractivity contribution in [2.24, 2.45) is 0 Å². The zero-order valence-electron chi connectivity index (χ0n) is 28.9. The molecule has 1 rings (SSSR count). The normalized spacial score (nSPS) is 13.6. The van der Waals surface area contributed by atoms with Crippen molar-refractivity contribution in [1.29, 1.82) is 5.26 Å². The van der Waals surface area contributed by atoms with Gasteiger partial charge in [-0.1, -0.05) is 133 Å². The third-order valence-electron chi connectivity index (χ3n) is 9.45. The third-order valence-corrected chi connectivity index (χ3v) is 9.45. The molecule has 0 unspecified atom stereocenters. The summed E-state index contributed by atoms with van der Waals surface area (Å²) in [6.07, 6.45) is 38.7. The molecule has 0 aromatic carbocycles. The largest absolute Gasteiger partial charge is 0.193 e. The molecule has 1 heteroatoms. The van der Waals surface area contributed by atoms with Crippen molar-refractivity contribution in [3.8, 4) is 6.07 Å². The molecule has 1 nitrogen and oxygen atoms in total. The topological polar surface area (TPSA) is 23.8 Å². The summed E-state index contributed by atoms with van der Waals surface area (Å²) in [5, 5.41) is 8.90. The Bertz CT molecular complexity index is 816. The average Bonchev–Trinajstić information content (AvgIpc) is 2.98. The first-order chi connectivity index (χ1) is 20.5. The predicted octanol–water partition coefficient (Wildman–Crippen LogP) is 14.6. The molecule has 0 N–H and O–H groups in total. The molecule has 0 bridgehead atoms. The third kappa shape index (κ3) is 19.6. The first-order valence-electron chi connectivity index (χ1n) is 18.7. The molecule has 0 atom stereocenters. The van der Waals surface area contributed by atoms with Crippen LogP contribution in [0.2, 0.25) is 0 Å². The molecule has 0 amide bonds. The average molecular weight is 578 g/mol. The zero-order chi connectivity index (χ0) is 30.7. The number of unbranched alkanes of at least 4 members (excludes halogenated alkanes) is 17. The summed E-state index contributed by atoms with van der Waals surface area (Å²) in [5.74, 6) is 0. The van der Waals surface area contributed by atoms with Crippen LogP contribution in [-0.4, -0.2) is 0 Å². The van der Waals surface area contributed by atoms with E-state index in [4.69, 9.17) is 5.26 Å². The van der Waals surface area contributed by atoms with Gasteiger partial charge in [0.05, 0.1) is 6.07 Å². The highest BCUT2D eigenvalue weighted by molar-refractivity contribution is 5.43. The Morgan fingerprint density at radius 1 is 0.524 bits per heavy atom. The summed E-state index contributed by atoms with van der Waals surface area (Å²) in [6, 6.07) is 2.19. The molecule has 0 spiro atoms. The van der Waals surface area contributed by atoms with Gasteiger partial charge < -0.3 is 0 Å². The van der Waals surface area contributed by atoms with Crippen LogP contribution in [0.25, 0.3) is 0 Å². The Hall–Kier alpha value is -1.55. The standard InChI is InChI=1S/C41H71N/c1-6-8-10-11-19-25-31-40-38(29-21-9-7-2)33-34-39(30-24-18-14-13-17-23-28-37(5)35-42)41(40)32-26-20-15-12-16-22-27-36(3)4/h3,5-34H2,1-2,4H3. The lowest BCUT2D eigenvalue weighted by Gasteiger charge is -2.28. The maximum Gasteiger partial charge on any atom is 0.0940 e. The van der Waals surface area contributed by atoms with E-state index in [9.17, 15) is 0 Å². The van der Waals surface area contributed by atoms with E-state index in [0.717, 1.165) is 18.4 Å². The van der Waals surface area contributed by atoms with Gasteiger partial charge in [-0.25, -0.2) is 0 Å². The van der Waals surface area contributed by atoms with E-state index in [1.54, 1.807) is 0 Å². The minimum absolute atomic E-state index is 0.744. The molecule has 240 valence electrons. The van der Waals surface area contributed by atoms with Crippen molar-refractivity contribution in [2.45, 2.75) is 207 Å². The summed E-state index contributed by atoms with van der Waals surface area (Å²) in [5.41, 5.74) is 9.48. The van der Waals surface area contributed by atoms with E-state index in [1.807, 2.05) is 22.3 Å². The maximum absolute atomic E-state index is 8.90. The van der Waals surface area contributed by atoms with Crippen LogP contribution < -0.4 is 0 Å². The second-order valence-electron chi connectivity index (χ2n) is 13.6. The number of allylic oxidation sites excluding steroid dienone is 6. The van der Waals surface area contributed by atoms with Crippen molar-refractivity contribution in [1.82, 2.24) is 0 Å². The summed E-state index contributed by atoms with van der Waals surface area (Å²) in [4.78, 5) is 0. The fourth-order valence-corrected chi connectivity index (χ4v) is 6.78. The molecule has 0 aliphatic heterocycles. The second kappa shape index (κ2) is 27.0. The lowest BCUT2D eigenvalue weighted by Crippen LogP contribution is -2.08. The van der Waals surface area contributed by atoms with Gasteiger partial charge in [0, 0.05) is 5.57 Å². The maximum atomic E-state index is 8.90. The Morgan fingerprint density at radius 2 is 0.881 bits per heavy atom. The highest BCUT2D eigenvalue weighted by atomic mass is 14.3. The lowest BCUT2D eigenvalue weighted by atomic mass is 9.78. The molecule has 0 fully saturated rings. The van der Waals surface area contributed by atoms with Crippen molar-refractivity contribution < 1.29 is 0 Å². The molecular weight excluding hydrogens is 506 g/mol. The molecular formula is C41H71N. The molecule has 42 heavy (non-hydrogen) atoms. The van der Waals surface area contributed by atoms with Gasteiger partial charge in [0.15, 0.2) is 0 Å². The molecule has 1 aliphatic rings. The Morgan fingerprint density at radius 3 is 1.33 bits per heavy atom. The molecule has 0 radical (unpaired) electrons. The minimum Gasteiger partial charge on any atom is -0.193 e. The van der Waals surface area contributed by atoms with Crippen LogP contribution in [0.5, 0.6) is 0 Å². The van der Waals surface area contributed by atoms with Gasteiger partial charge in [0.2, 0.25) is 0 Å². The number of hydrogen-bond donors (Lipinski definition) is 0. The molecule has 0 aromatic rings. The smallest absolute Gasteiger partial charge is 0.0940 e. The summed E-state index contributed by atoms with van der Waals surface area (Å²) < 4.78 is 0. The number of hydrogen-bond acceptors (Lipinski definition) is 1. The second-order valence-corrected chi connectivity index (χ2v) is 13.6. The van der Waals surface area contributed by atoms with Gasteiger partial charge in [0.1, 0.15) is 0 Å². The van der Waals surface area contributed by atoms with Gasteiger partial charge in [-0.15, -0.1) is 6.58 Å². The Kier molecular flexibility index (Phi) is 24.8. The predicted molar refractivity (Wildman–Crippen MR) is 189 cm³/mol. The summed E-state index contributed by atoms with van der Waals surface area (Å²) in [7, 11) is 0. The SMILES string of the molecule is C=C(C)CCCCCCCCC1=C(CCCCCCCCC(=C)C#N)CCC(CCCCC)=C1CCCCCCCC. The van der Waals surface area contributed by atoms with Crippen molar-refractivity contribution in [3.63, 3.8) is 0 Å². The molecule has 0 aromatic heterocycles. The minimum atomic E-state index is 0.744. The molecule has 0 saturated heterocycles. The number of nitrogens with zero attached hydrogens (tertiary/aromatic N) is 1. The van der Waals surface area contributed by atoms with Gasteiger partial charge in [-0.3, -0.25) is 0 Å². The summed E-state index contributed by atoms with van der Waals surface area (Å²) in [6.45, 7) is 14.7. The number of rotatable bonds is 29. The number of nitriles is 1. The molecule has 1 aliphatic carbocycles. The summed E-state index contributed by atoms with van der Waals surface area (Å²) >= 11 is 0. The highest BCUT2D eigenvalue weighted by Gasteiger charge is 2.21. The van der Waals surface area contributed by atoms with Crippen LogP contribution in [0.4, 0.5) is 0 Å². The monoisotopic (exact) mass is 578 g/mol. The van der Waals surface area contributed by atoms with E-state index in [-0.39, 0.29) is 0 Å². The lowest BCUT2D eigenvalue weighted by molar-refractivity contribution is 0.569. The first kappa shape index (κ1) is 38.5. The van der Waals surface area contributed by atoms with Crippen molar-refractivity contribution in [3.05, 3.63) is 46.6 Å². The van der Waals surface area contributed by atoms with E-state index in [0.29, 0.717) is 0 Å². The van der Waals surface area contributed by atoms with E-state index >= 15 is 0 Å². The van der Waals surface area contributed by atoms with E-state index in [2.05, 4.69) is 40.0 Å². The van der Waals surface area contributed by atoms with Crippen LogP contribution in [0.1, 0.15) is 207 Å². The van der Waals surface area contributed by atoms with Crippen LogP contribution >= 0.6 is 0 Å². The van der Waals surface area contributed by atoms with Crippen LogP contribution in [0.15, 0.2) is 46.6 Å². The zero-order valence-corrected chi connectivity index (χ0v) is 28.9. The van der Waals surface area contributed by atoms with Gasteiger partial charge in [0.25, 0.3) is 0 Å². The molecule has 0 saturated carbocycles. The Labute approximate surface area is 264 Å². The highest BCUT2D eigenvalue weighted by Crippen LogP contribution is 2.40. The van der Waals surface area contributed by atoms with Crippen LogP contribution in [0, 0.1) is 11.3 Å². The fraction of sp³-hybridized carbons (Fsp3) is 0.780. The van der Waals surface area contributed by atoms with Crippen molar-refractivity contribution >= 4 is 0 Å².